The van der Waals surface area contributed by atoms with Gasteiger partial charge in [-0.3, -0.25) is 9.59 Å². The molecular formula is C31H31NO9. The number of rotatable bonds is 11. The first-order valence-electron chi connectivity index (χ1n) is 12.7. The average Bonchev–Trinajstić information content (AvgIpc) is 3.39. The summed E-state index contributed by atoms with van der Waals surface area (Å²) in [4.78, 5) is 37.5. The van der Waals surface area contributed by atoms with Crippen molar-refractivity contribution in [3.05, 3.63) is 89.0 Å². The number of ether oxygens (including phenoxy) is 5. The van der Waals surface area contributed by atoms with Crippen molar-refractivity contribution in [3.63, 3.8) is 0 Å². The van der Waals surface area contributed by atoms with Gasteiger partial charge in [0, 0.05) is 18.1 Å². The maximum absolute atomic E-state index is 12.8. The molecule has 3 unspecified atom stereocenters. The van der Waals surface area contributed by atoms with Crippen LogP contribution >= 0.6 is 0 Å². The summed E-state index contributed by atoms with van der Waals surface area (Å²) in [6, 6.07) is 16.7. The third-order valence-electron chi connectivity index (χ3n) is 6.72. The lowest BCUT2D eigenvalue weighted by atomic mass is 9.90. The standard InChI is InChI=1S/C31H31NO9/c1-37-23-12-11-20(17-24(23)38-2)28-27(30(34)35)21-14-19(16-25(39-3)29(21)41-28)10-13-26(33)32-22(31(36)40-4)15-18-8-6-5-7-9-18/h5-14,16-17,22,27-28H,15H2,1-4H3,(H,32,33)(H,34,35). The first kappa shape index (κ1) is 29.0. The van der Waals surface area contributed by atoms with Crippen LogP contribution in [0.15, 0.2) is 66.7 Å². The lowest BCUT2D eigenvalue weighted by molar-refractivity contribution is -0.144. The second kappa shape index (κ2) is 12.9. The van der Waals surface area contributed by atoms with Crippen molar-refractivity contribution in [2.24, 2.45) is 0 Å². The molecule has 0 aromatic heterocycles. The summed E-state index contributed by atoms with van der Waals surface area (Å²) >= 11 is 0. The summed E-state index contributed by atoms with van der Waals surface area (Å²) in [5.74, 6) is -1.70. The summed E-state index contributed by atoms with van der Waals surface area (Å²) in [6.07, 6.45) is 2.17. The van der Waals surface area contributed by atoms with Crippen molar-refractivity contribution in [1.82, 2.24) is 5.32 Å². The Hall–Kier alpha value is -4.99. The van der Waals surface area contributed by atoms with Gasteiger partial charge in [0.2, 0.25) is 5.91 Å². The van der Waals surface area contributed by atoms with Gasteiger partial charge >= 0.3 is 11.9 Å². The molecule has 1 aliphatic rings. The third kappa shape index (κ3) is 6.43. The highest BCUT2D eigenvalue weighted by atomic mass is 16.5. The van der Waals surface area contributed by atoms with Crippen LogP contribution in [0.1, 0.15) is 34.3 Å². The van der Waals surface area contributed by atoms with Crippen LogP contribution in [-0.4, -0.2) is 57.4 Å². The zero-order valence-electron chi connectivity index (χ0n) is 23.1. The lowest BCUT2D eigenvalue weighted by Crippen LogP contribution is -2.42. The van der Waals surface area contributed by atoms with Gasteiger partial charge < -0.3 is 34.1 Å². The number of aliphatic carboxylic acids is 1. The smallest absolute Gasteiger partial charge is 0.328 e. The lowest BCUT2D eigenvalue weighted by Gasteiger charge is -2.18. The number of esters is 1. The molecule has 214 valence electrons. The number of amides is 1. The van der Waals surface area contributed by atoms with Crippen LogP contribution in [0.3, 0.4) is 0 Å². The molecule has 3 aromatic carbocycles. The minimum Gasteiger partial charge on any atom is -0.493 e. The molecule has 41 heavy (non-hydrogen) atoms. The SMILES string of the molecule is COC(=O)C(Cc1ccccc1)NC(=O)C=Cc1cc(OC)c2c(c1)C(C(=O)O)C(c1ccc(OC)c(OC)c1)O2. The number of carbonyl (C=O) groups is 3. The highest BCUT2D eigenvalue weighted by Crippen LogP contribution is 2.51. The van der Waals surface area contributed by atoms with E-state index in [1.165, 1.54) is 40.6 Å². The van der Waals surface area contributed by atoms with Gasteiger partial charge in [-0.15, -0.1) is 0 Å². The summed E-state index contributed by atoms with van der Waals surface area (Å²) in [5.41, 5.74) is 2.35. The number of carboxylic acid groups (broad SMARTS) is 1. The number of methoxy groups -OCH3 is 4. The van der Waals surface area contributed by atoms with Crippen molar-refractivity contribution >= 4 is 23.9 Å². The van der Waals surface area contributed by atoms with Crippen LogP contribution in [0, 0.1) is 0 Å². The average molecular weight is 562 g/mol. The van der Waals surface area contributed by atoms with E-state index in [-0.39, 0.29) is 6.42 Å². The summed E-state index contributed by atoms with van der Waals surface area (Å²) < 4.78 is 27.2. The second-order valence-corrected chi connectivity index (χ2v) is 9.22. The minimum absolute atomic E-state index is 0.259. The summed E-state index contributed by atoms with van der Waals surface area (Å²) in [6.45, 7) is 0. The van der Waals surface area contributed by atoms with E-state index in [4.69, 9.17) is 23.7 Å². The molecule has 10 heteroatoms. The maximum atomic E-state index is 12.8. The summed E-state index contributed by atoms with van der Waals surface area (Å²) in [5, 5.41) is 12.9. The molecule has 0 aliphatic carbocycles. The normalized spacial score (nSPS) is 16.3. The first-order valence-corrected chi connectivity index (χ1v) is 12.7. The van der Waals surface area contributed by atoms with Gasteiger partial charge in [-0.25, -0.2) is 4.79 Å². The predicted octanol–water partition coefficient (Wildman–Crippen LogP) is 3.93. The molecule has 0 saturated heterocycles. The maximum Gasteiger partial charge on any atom is 0.328 e. The van der Waals surface area contributed by atoms with Crippen LogP contribution in [0.4, 0.5) is 0 Å². The fourth-order valence-electron chi connectivity index (χ4n) is 4.74. The molecule has 1 heterocycles. The number of carboxylic acids is 1. The Morgan fingerprint density at radius 3 is 2.27 bits per heavy atom. The number of fused-ring (bicyclic) bond motifs is 1. The molecule has 3 aromatic rings. The topological polar surface area (TPSA) is 130 Å². The van der Waals surface area contributed by atoms with E-state index >= 15 is 0 Å². The van der Waals surface area contributed by atoms with Gasteiger partial charge in [0.25, 0.3) is 0 Å². The van der Waals surface area contributed by atoms with Crippen LogP contribution in [0.5, 0.6) is 23.0 Å². The zero-order chi connectivity index (χ0) is 29.5. The molecule has 0 spiro atoms. The molecule has 0 fully saturated rings. The Kier molecular flexibility index (Phi) is 9.13. The van der Waals surface area contributed by atoms with Crippen LogP contribution < -0.4 is 24.3 Å². The molecule has 1 aliphatic heterocycles. The molecule has 0 bridgehead atoms. The monoisotopic (exact) mass is 561 g/mol. The van der Waals surface area contributed by atoms with E-state index in [0.717, 1.165) is 5.56 Å². The molecular weight excluding hydrogens is 530 g/mol. The molecule has 1 amide bonds. The number of hydrogen-bond acceptors (Lipinski definition) is 8. The molecule has 2 N–H and O–H groups in total. The van der Waals surface area contributed by atoms with E-state index in [2.05, 4.69) is 5.32 Å². The van der Waals surface area contributed by atoms with Gasteiger partial charge in [0.1, 0.15) is 18.1 Å². The van der Waals surface area contributed by atoms with E-state index in [1.807, 2.05) is 30.3 Å². The largest absolute Gasteiger partial charge is 0.493 e. The van der Waals surface area contributed by atoms with E-state index in [0.29, 0.717) is 39.7 Å². The predicted molar refractivity (Wildman–Crippen MR) is 149 cm³/mol. The Balaban J connectivity index is 1.59. The van der Waals surface area contributed by atoms with Gasteiger partial charge in [0.05, 0.1) is 28.4 Å². The first-order chi connectivity index (χ1) is 19.8. The van der Waals surface area contributed by atoms with Crippen LogP contribution in [0.2, 0.25) is 0 Å². The molecule has 4 rings (SSSR count). The van der Waals surface area contributed by atoms with Crippen LogP contribution in [0.25, 0.3) is 6.08 Å². The van der Waals surface area contributed by atoms with Gasteiger partial charge in [-0.05, 0) is 47.0 Å². The zero-order valence-corrected chi connectivity index (χ0v) is 23.1. The van der Waals surface area contributed by atoms with Crippen molar-refractivity contribution in [2.45, 2.75) is 24.5 Å². The molecule has 10 nitrogen and oxygen atoms in total. The van der Waals surface area contributed by atoms with Gasteiger partial charge in [-0.2, -0.15) is 0 Å². The fourth-order valence-corrected chi connectivity index (χ4v) is 4.74. The van der Waals surface area contributed by atoms with Crippen molar-refractivity contribution < 1.29 is 43.2 Å². The van der Waals surface area contributed by atoms with E-state index in [1.54, 1.807) is 30.3 Å². The quantitative estimate of drug-likeness (QED) is 0.264. The van der Waals surface area contributed by atoms with Crippen molar-refractivity contribution in [3.8, 4) is 23.0 Å². The highest BCUT2D eigenvalue weighted by molar-refractivity contribution is 5.95. The molecule has 0 radical (unpaired) electrons. The van der Waals surface area contributed by atoms with E-state index < -0.39 is 35.9 Å². The van der Waals surface area contributed by atoms with Crippen molar-refractivity contribution in [1.29, 1.82) is 0 Å². The minimum atomic E-state index is -1.09. The third-order valence-corrected chi connectivity index (χ3v) is 6.72. The highest BCUT2D eigenvalue weighted by Gasteiger charge is 2.43. The van der Waals surface area contributed by atoms with Gasteiger partial charge in [0.15, 0.2) is 23.0 Å². The Morgan fingerprint density at radius 2 is 1.63 bits per heavy atom. The van der Waals surface area contributed by atoms with Crippen molar-refractivity contribution in [2.75, 3.05) is 28.4 Å². The number of nitrogens with one attached hydrogen (secondary N) is 1. The number of benzene rings is 3. The van der Waals surface area contributed by atoms with E-state index in [9.17, 15) is 19.5 Å². The fraction of sp³-hybridized carbons (Fsp3) is 0.258. The van der Waals surface area contributed by atoms with Gasteiger partial charge in [-0.1, -0.05) is 36.4 Å². The second-order valence-electron chi connectivity index (χ2n) is 9.22. The van der Waals surface area contributed by atoms with Crippen LogP contribution in [-0.2, 0) is 25.5 Å². The Bertz CT molecular complexity index is 1450. The molecule has 0 saturated carbocycles. The number of carbonyl (C=O) groups excluding carboxylic acids is 2. The molecule has 3 atom stereocenters. The number of hydrogen-bond donors (Lipinski definition) is 2. The Labute approximate surface area is 237 Å². The Morgan fingerprint density at radius 1 is 0.927 bits per heavy atom. The summed E-state index contributed by atoms with van der Waals surface area (Å²) in [7, 11) is 5.71.